The minimum atomic E-state index is -0.993. The first-order valence-corrected chi connectivity index (χ1v) is 10.9. The number of anilines is 1. The van der Waals surface area contributed by atoms with E-state index < -0.39 is 29.2 Å². The number of benzene rings is 2. The SMILES string of the molecule is COc1ccc(-c2nnn(CC(=O)N(c3ccccc3F)C(C)C(=O)NC(C)(C)C)n2)cc1OC. The summed E-state index contributed by atoms with van der Waals surface area (Å²) < 4.78 is 25.2. The van der Waals surface area contributed by atoms with Gasteiger partial charge in [0, 0.05) is 11.1 Å². The first-order chi connectivity index (χ1) is 16.5. The van der Waals surface area contributed by atoms with Gasteiger partial charge in [-0.15, -0.1) is 10.2 Å². The highest BCUT2D eigenvalue weighted by molar-refractivity contribution is 6.00. The second kappa shape index (κ2) is 10.5. The Balaban J connectivity index is 1.88. The highest BCUT2D eigenvalue weighted by Gasteiger charge is 2.31. The molecule has 1 heterocycles. The summed E-state index contributed by atoms with van der Waals surface area (Å²) in [5, 5.41) is 15.1. The summed E-state index contributed by atoms with van der Waals surface area (Å²) in [4.78, 5) is 28.4. The second-order valence-electron chi connectivity index (χ2n) is 8.84. The molecule has 3 rings (SSSR count). The molecule has 2 amide bonds. The number of carbonyl (C=O) groups excluding carboxylic acids is 2. The van der Waals surface area contributed by atoms with Crippen molar-refractivity contribution in [3.05, 3.63) is 48.3 Å². The molecule has 35 heavy (non-hydrogen) atoms. The van der Waals surface area contributed by atoms with E-state index in [-0.39, 0.29) is 18.1 Å². The van der Waals surface area contributed by atoms with Gasteiger partial charge in [-0.1, -0.05) is 12.1 Å². The minimum Gasteiger partial charge on any atom is -0.493 e. The van der Waals surface area contributed by atoms with Crippen LogP contribution in [0.5, 0.6) is 11.5 Å². The van der Waals surface area contributed by atoms with Gasteiger partial charge in [-0.25, -0.2) is 4.39 Å². The summed E-state index contributed by atoms with van der Waals surface area (Å²) in [5.74, 6) is -0.346. The van der Waals surface area contributed by atoms with E-state index in [1.54, 1.807) is 24.3 Å². The van der Waals surface area contributed by atoms with Gasteiger partial charge in [-0.2, -0.15) is 4.80 Å². The Kier molecular flexibility index (Phi) is 7.68. The molecule has 1 unspecified atom stereocenters. The van der Waals surface area contributed by atoms with Crippen molar-refractivity contribution in [2.75, 3.05) is 19.1 Å². The molecule has 0 radical (unpaired) electrons. The fraction of sp³-hybridized carbons (Fsp3) is 0.375. The minimum absolute atomic E-state index is 0.0192. The third-order valence-electron chi connectivity index (χ3n) is 5.02. The van der Waals surface area contributed by atoms with E-state index >= 15 is 0 Å². The van der Waals surface area contributed by atoms with Gasteiger partial charge < -0.3 is 14.8 Å². The van der Waals surface area contributed by atoms with E-state index in [2.05, 4.69) is 20.7 Å². The number of hydrogen-bond donors (Lipinski definition) is 1. The molecule has 1 N–H and O–H groups in total. The van der Waals surface area contributed by atoms with Crippen LogP contribution < -0.4 is 19.7 Å². The molecular formula is C24H29FN6O4. The molecule has 0 aliphatic heterocycles. The van der Waals surface area contributed by atoms with E-state index in [9.17, 15) is 14.0 Å². The summed E-state index contributed by atoms with van der Waals surface area (Å²) in [6.07, 6.45) is 0. The average Bonchev–Trinajstić information content (AvgIpc) is 3.27. The van der Waals surface area contributed by atoms with E-state index in [1.165, 1.54) is 39.3 Å². The molecule has 0 bridgehead atoms. The van der Waals surface area contributed by atoms with Gasteiger partial charge in [0.15, 0.2) is 11.5 Å². The number of nitrogens with zero attached hydrogens (tertiary/aromatic N) is 5. The fourth-order valence-corrected chi connectivity index (χ4v) is 3.40. The Morgan fingerprint density at radius 1 is 1.11 bits per heavy atom. The molecule has 0 aliphatic carbocycles. The second-order valence-corrected chi connectivity index (χ2v) is 8.84. The van der Waals surface area contributed by atoms with Crippen molar-refractivity contribution >= 4 is 17.5 Å². The number of para-hydroxylation sites is 1. The highest BCUT2D eigenvalue weighted by atomic mass is 19.1. The van der Waals surface area contributed by atoms with Crippen LogP contribution in [0.4, 0.5) is 10.1 Å². The lowest BCUT2D eigenvalue weighted by Gasteiger charge is -2.31. The third kappa shape index (κ3) is 6.11. The van der Waals surface area contributed by atoms with Gasteiger partial charge in [0.2, 0.25) is 11.7 Å². The number of amides is 2. The van der Waals surface area contributed by atoms with Crippen LogP contribution in [-0.4, -0.2) is 57.8 Å². The lowest BCUT2D eigenvalue weighted by atomic mass is 10.1. The number of halogens is 1. The van der Waals surface area contributed by atoms with Gasteiger partial charge in [0.25, 0.3) is 5.91 Å². The summed E-state index contributed by atoms with van der Waals surface area (Å²) >= 11 is 0. The van der Waals surface area contributed by atoms with Gasteiger partial charge in [-0.05, 0) is 63.2 Å². The van der Waals surface area contributed by atoms with E-state index in [4.69, 9.17) is 9.47 Å². The molecule has 10 nitrogen and oxygen atoms in total. The molecule has 186 valence electrons. The van der Waals surface area contributed by atoms with Crippen molar-refractivity contribution in [1.29, 1.82) is 0 Å². The van der Waals surface area contributed by atoms with Crippen LogP contribution in [0.1, 0.15) is 27.7 Å². The zero-order valence-corrected chi connectivity index (χ0v) is 20.6. The summed E-state index contributed by atoms with van der Waals surface area (Å²) in [6, 6.07) is 9.90. The zero-order valence-electron chi connectivity index (χ0n) is 20.6. The van der Waals surface area contributed by atoms with E-state index in [1.807, 2.05) is 20.8 Å². The van der Waals surface area contributed by atoms with Crippen LogP contribution in [0.3, 0.4) is 0 Å². The Hall–Kier alpha value is -4.02. The standard InChI is InChI=1S/C24H29FN6O4/c1-15(23(33)26-24(2,3)4)31(18-10-8-7-9-17(18)25)21(32)14-30-28-22(27-29-30)16-11-12-19(34-5)20(13-16)35-6/h7-13,15H,14H2,1-6H3,(H,26,33). The van der Waals surface area contributed by atoms with E-state index in [0.29, 0.717) is 17.1 Å². The fourth-order valence-electron chi connectivity index (χ4n) is 3.40. The predicted octanol–water partition coefficient (Wildman–Crippen LogP) is 2.83. The van der Waals surface area contributed by atoms with Crippen molar-refractivity contribution in [2.45, 2.75) is 45.8 Å². The number of ether oxygens (including phenoxy) is 2. The van der Waals surface area contributed by atoms with Crippen LogP contribution in [-0.2, 0) is 16.1 Å². The van der Waals surface area contributed by atoms with Gasteiger partial charge in [-0.3, -0.25) is 14.5 Å². The molecule has 3 aromatic rings. The lowest BCUT2D eigenvalue weighted by molar-refractivity contribution is -0.127. The van der Waals surface area contributed by atoms with E-state index in [0.717, 1.165) is 9.70 Å². The van der Waals surface area contributed by atoms with Crippen molar-refractivity contribution in [2.24, 2.45) is 0 Å². The zero-order chi connectivity index (χ0) is 25.8. The highest BCUT2D eigenvalue weighted by Crippen LogP contribution is 2.30. The Labute approximate surface area is 203 Å². The monoisotopic (exact) mass is 484 g/mol. The number of carbonyl (C=O) groups is 2. The Morgan fingerprint density at radius 2 is 1.80 bits per heavy atom. The summed E-state index contributed by atoms with van der Waals surface area (Å²) in [6.45, 7) is 6.64. The Morgan fingerprint density at radius 3 is 2.43 bits per heavy atom. The first kappa shape index (κ1) is 25.6. The number of tetrazole rings is 1. The number of aromatic nitrogens is 4. The molecule has 0 aliphatic rings. The maximum atomic E-state index is 14.7. The van der Waals surface area contributed by atoms with Crippen molar-refractivity contribution in [1.82, 2.24) is 25.5 Å². The molecular weight excluding hydrogens is 455 g/mol. The van der Waals surface area contributed by atoms with Crippen molar-refractivity contribution in [3.63, 3.8) is 0 Å². The number of nitrogens with one attached hydrogen (secondary N) is 1. The van der Waals surface area contributed by atoms with Crippen LogP contribution in [0.2, 0.25) is 0 Å². The first-order valence-electron chi connectivity index (χ1n) is 10.9. The molecule has 0 saturated carbocycles. The predicted molar refractivity (Wildman–Crippen MR) is 128 cm³/mol. The van der Waals surface area contributed by atoms with Crippen LogP contribution >= 0.6 is 0 Å². The lowest BCUT2D eigenvalue weighted by Crippen LogP contribution is -2.53. The van der Waals surface area contributed by atoms with Crippen molar-refractivity contribution in [3.8, 4) is 22.9 Å². The third-order valence-corrected chi connectivity index (χ3v) is 5.02. The molecule has 1 atom stereocenters. The molecule has 0 fully saturated rings. The van der Waals surface area contributed by atoms with Crippen LogP contribution in [0.25, 0.3) is 11.4 Å². The maximum Gasteiger partial charge on any atom is 0.251 e. The van der Waals surface area contributed by atoms with Gasteiger partial charge in [0.1, 0.15) is 18.4 Å². The summed E-state index contributed by atoms with van der Waals surface area (Å²) in [7, 11) is 3.04. The molecule has 2 aromatic carbocycles. The number of methoxy groups -OCH3 is 2. The van der Waals surface area contributed by atoms with Crippen LogP contribution in [0.15, 0.2) is 42.5 Å². The van der Waals surface area contributed by atoms with Gasteiger partial charge >= 0.3 is 0 Å². The normalized spacial score (nSPS) is 12.1. The average molecular weight is 485 g/mol. The quantitative estimate of drug-likeness (QED) is 0.523. The smallest absolute Gasteiger partial charge is 0.251 e. The molecule has 1 aromatic heterocycles. The van der Waals surface area contributed by atoms with Gasteiger partial charge in [0.05, 0.1) is 19.9 Å². The summed E-state index contributed by atoms with van der Waals surface area (Å²) in [5.41, 5.74) is 0.0522. The largest absolute Gasteiger partial charge is 0.493 e. The maximum absolute atomic E-state index is 14.7. The van der Waals surface area contributed by atoms with Crippen LogP contribution in [0, 0.1) is 5.82 Å². The topological polar surface area (TPSA) is 111 Å². The molecule has 11 heteroatoms. The number of rotatable bonds is 8. The number of hydrogen-bond acceptors (Lipinski definition) is 7. The molecule has 0 saturated heterocycles. The molecule has 0 spiro atoms. The van der Waals surface area contributed by atoms with Crippen molar-refractivity contribution < 1.29 is 23.5 Å². The Bertz CT molecular complexity index is 1210.